The number of hydrogen-bond acceptors (Lipinski definition) is 9. The van der Waals surface area contributed by atoms with Crippen LogP contribution in [-0.2, 0) is 12.1 Å². The molecule has 9 nitrogen and oxygen atoms in total. The topological polar surface area (TPSA) is 105 Å². The minimum atomic E-state index is -1.36. The first-order valence-electron chi connectivity index (χ1n) is 11.3. The van der Waals surface area contributed by atoms with Gasteiger partial charge in [0.25, 0.3) is 0 Å². The van der Waals surface area contributed by atoms with Gasteiger partial charge in [-0.1, -0.05) is 18.1 Å². The number of fused-ring (bicyclic) bond motifs is 1. The highest BCUT2D eigenvalue weighted by molar-refractivity contribution is 7.09. The normalized spacial score (nSPS) is 12.9. The molecule has 1 unspecified atom stereocenters. The number of benzene rings is 1. The van der Waals surface area contributed by atoms with Gasteiger partial charge < -0.3 is 19.7 Å². The van der Waals surface area contributed by atoms with Gasteiger partial charge in [-0.05, 0) is 39.1 Å². The van der Waals surface area contributed by atoms with Gasteiger partial charge in [-0.25, -0.2) is 15.0 Å². The molecule has 4 aromatic heterocycles. The Morgan fingerprint density at radius 2 is 2.11 bits per heavy atom. The van der Waals surface area contributed by atoms with Crippen molar-refractivity contribution >= 4 is 33.9 Å². The Morgan fingerprint density at radius 1 is 1.22 bits per heavy atom. The molecule has 0 aliphatic rings. The van der Waals surface area contributed by atoms with E-state index in [9.17, 15) is 5.11 Å². The summed E-state index contributed by atoms with van der Waals surface area (Å²) in [7, 11) is 4.06. The standard InChI is InChI=1S/C26H25N7O2S/c1-26(34,24-27-11-14-36-24)9-7-20-15-18-5-4-6-21(23(18)35-20)22-8-10-28-25(31-22)30-19-16-29-33(17-19)13-12-32(2)3/h4-6,8,10-11,14-17,34H,12-13H2,1-3H3,(H,28,30,31). The largest absolute Gasteiger partial charge is 0.447 e. The third-order valence-corrected chi connectivity index (χ3v) is 6.40. The summed E-state index contributed by atoms with van der Waals surface area (Å²) in [4.78, 5) is 15.3. The van der Waals surface area contributed by atoms with Gasteiger partial charge in [-0.2, -0.15) is 5.10 Å². The van der Waals surface area contributed by atoms with Crippen molar-refractivity contribution in [2.24, 2.45) is 0 Å². The first-order chi connectivity index (χ1) is 17.4. The van der Waals surface area contributed by atoms with Crippen LogP contribution in [-0.4, -0.2) is 55.4 Å². The molecule has 5 rings (SSSR count). The number of para-hydroxylation sites is 1. The Labute approximate surface area is 212 Å². The predicted octanol–water partition coefficient (Wildman–Crippen LogP) is 4.11. The molecule has 0 amide bonds. The van der Waals surface area contributed by atoms with E-state index in [-0.39, 0.29) is 0 Å². The van der Waals surface area contributed by atoms with Crippen molar-refractivity contribution in [1.29, 1.82) is 0 Å². The number of hydrogen-bond donors (Lipinski definition) is 2. The first-order valence-corrected chi connectivity index (χ1v) is 12.2. The summed E-state index contributed by atoms with van der Waals surface area (Å²) in [5.74, 6) is 6.72. The fourth-order valence-electron chi connectivity index (χ4n) is 3.58. The maximum Gasteiger partial charge on any atom is 0.227 e. The van der Waals surface area contributed by atoms with Gasteiger partial charge in [0.15, 0.2) is 11.4 Å². The lowest BCUT2D eigenvalue weighted by Crippen LogP contribution is -2.18. The lowest BCUT2D eigenvalue weighted by molar-refractivity contribution is 0.121. The minimum Gasteiger partial charge on any atom is -0.447 e. The molecule has 1 aromatic carbocycles. The van der Waals surface area contributed by atoms with E-state index < -0.39 is 5.60 Å². The monoisotopic (exact) mass is 499 g/mol. The van der Waals surface area contributed by atoms with Crippen molar-refractivity contribution < 1.29 is 9.52 Å². The van der Waals surface area contributed by atoms with Crippen LogP contribution >= 0.6 is 11.3 Å². The van der Waals surface area contributed by atoms with Gasteiger partial charge >= 0.3 is 0 Å². The van der Waals surface area contributed by atoms with E-state index in [1.54, 1.807) is 30.9 Å². The van der Waals surface area contributed by atoms with Crippen LogP contribution in [0.1, 0.15) is 17.7 Å². The summed E-state index contributed by atoms with van der Waals surface area (Å²) >= 11 is 1.35. The van der Waals surface area contributed by atoms with E-state index in [1.807, 2.05) is 55.3 Å². The third-order valence-electron chi connectivity index (χ3n) is 5.42. The van der Waals surface area contributed by atoms with Crippen LogP contribution in [0.25, 0.3) is 22.2 Å². The summed E-state index contributed by atoms with van der Waals surface area (Å²) in [6.07, 6.45) is 7.03. The summed E-state index contributed by atoms with van der Waals surface area (Å²) in [6.45, 7) is 3.31. The number of likely N-dealkylation sites (N-methyl/N-ethyl adjacent to an activating group) is 1. The number of aromatic nitrogens is 5. The number of anilines is 2. The van der Waals surface area contributed by atoms with E-state index in [0.717, 1.165) is 29.7 Å². The summed E-state index contributed by atoms with van der Waals surface area (Å²) in [5.41, 5.74) is 1.65. The van der Waals surface area contributed by atoms with E-state index in [4.69, 9.17) is 4.42 Å². The van der Waals surface area contributed by atoms with Crippen molar-refractivity contribution in [3.05, 3.63) is 71.3 Å². The molecule has 4 heterocycles. The van der Waals surface area contributed by atoms with Crippen LogP contribution in [0.5, 0.6) is 0 Å². The molecule has 0 fully saturated rings. The molecular weight excluding hydrogens is 474 g/mol. The SMILES string of the molecule is CN(C)CCn1cc(Nc2nccc(-c3cccc4cc(C#CC(C)(O)c5nccs5)oc34)n2)cn1. The van der Waals surface area contributed by atoms with E-state index in [0.29, 0.717) is 28.0 Å². The molecule has 182 valence electrons. The lowest BCUT2D eigenvalue weighted by Gasteiger charge is -2.11. The third kappa shape index (κ3) is 5.28. The van der Waals surface area contributed by atoms with E-state index in [2.05, 4.69) is 42.1 Å². The minimum absolute atomic E-state index is 0.451. The van der Waals surface area contributed by atoms with Gasteiger partial charge in [0, 0.05) is 47.5 Å². The Hall–Kier alpha value is -4.04. The molecule has 1 atom stereocenters. The second kappa shape index (κ2) is 9.91. The van der Waals surface area contributed by atoms with E-state index in [1.165, 1.54) is 11.3 Å². The second-order valence-corrected chi connectivity index (χ2v) is 9.57. The summed E-state index contributed by atoms with van der Waals surface area (Å²) < 4.78 is 7.95. The Kier molecular flexibility index (Phi) is 6.52. The number of nitrogens with one attached hydrogen (secondary N) is 1. The number of aliphatic hydroxyl groups is 1. The Balaban J connectivity index is 1.39. The van der Waals surface area contributed by atoms with Gasteiger partial charge in [0.2, 0.25) is 5.95 Å². The van der Waals surface area contributed by atoms with Crippen LogP contribution in [0.3, 0.4) is 0 Å². The number of nitrogens with zero attached hydrogens (tertiary/aromatic N) is 6. The molecule has 36 heavy (non-hydrogen) atoms. The first kappa shape index (κ1) is 23.7. The molecule has 5 aromatic rings. The molecule has 0 spiro atoms. The quantitative estimate of drug-likeness (QED) is 0.323. The molecule has 0 saturated heterocycles. The molecule has 0 aliphatic carbocycles. The highest BCUT2D eigenvalue weighted by Crippen LogP contribution is 2.30. The Bertz CT molecular complexity index is 1540. The predicted molar refractivity (Wildman–Crippen MR) is 140 cm³/mol. The van der Waals surface area contributed by atoms with Gasteiger partial charge in [-0.3, -0.25) is 4.68 Å². The molecule has 0 radical (unpaired) electrons. The molecule has 0 saturated carbocycles. The maximum atomic E-state index is 10.7. The molecule has 0 bridgehead atoms. The van der Waals surface area contributed by atoms with Crippen LogP contribution in [0.4, 0.5) is 11.6 Å². The van der Waals surface area contributed by atoms with Crippen molar-refractivity contribution in [2.45, 2.75) is 19.1 Å². The second-order valence-electron chi connectivity index (χ2n) is 8.68. The molecule has 10 heteroatoms. The maximum absolute atomic E-state index is 10.7. The number of rotatable bonds is 7. The smallest absolute Gasteiger partial charge is 0.227 e. The molecule has 0 aliphatic heterocycles. The fraction of sp³-hybridized carbons (Fsp3) is 0.231. The van der Waals surface area contributed by atoms with Gasteiger partial charge in [0.1, 0.15) is 10.6 Å². The van der Waals surface area contributed by atoms with Gasteiger partial charge in [-0.15, -0.1) is 11.3 Å². The Morgan fingerprint density at radius 3 is 2.92 bits per heavy atom. The average molecular weight is 500 g/mol. The number of thiazole rings is 1. The van der Waals surface area contributed by atoms with Gasteiger partial charge in [0.05, 0.1) is 24.1 Å². The van der Waals surface area contributed by atoms with Crippen molar-refractivity contribution in [3.8, 4) is 23.1 Å². The number of furan rings is 1. The molecular formula is C26H25N7O2S. The van der Waals surface area contributed by atoms with Crippen molar-refractivity contribution in [1.82, 2.24) is 29.6 Å². The zero-order valence-corrected chi connectivity index (χ0v) is 21.0. The highest BCUT2D eigenvalue weighted by Gasteiger charge is 2.23. The lowest BCUT2D eigenvalue weighted by atomic mass is 10.1. The van der Waals surface area contributed by atoms with Crippen molar-refractivity contribution in [2.75, 3.05) is 26.0 Å². The van der Waals surface area contributed by atoms with Crippen molar-refractivity contribution in [3.63, 3.8) is 0 Å². The van der Waals surface area contributed by atoms with Crippen LogP contribution in [0.15, 0.2) is 64.9 Å². The van der Waals surface area contributed by atoms with Crippen LogP contribution < -0.4 is 5.32 Å². The fourth-order valence-corrected chi connectivity index (χ4v) is 4.23. The summed E-state index contributed by atoms with van der Waals surface area (Å²) in [5, 5.41) is 21.5. The zero-order valence-electron chi connectivity index (χ0n) is 20.1. The highest BCUT2D eigenvalue weighted by atomic mass is 32.1. The van der Waals surface area contributed by atoms with Crippen LogP contribution in [0.2, 0.25) is 0 Å². The van der Waals surface area contributed by atoms with E-state index >= 15 is 0 Å². The van der Waals surface area contributed by atoms with Crippen LogP contribution in [0, 0.1) is 11.8 Å². The average Bonchev–Trinajstić information content (AvgIpc) is 3.62. The zero-order chi connectivity index (χ0) is 25.1. The summed E-state index contributed by atoms with van der Waals surface area (Å²) in [6, 6.07) is 9.53. The molecule has 2 N–H and O–H groups in total.